The number of rotatable bonds is 9. The Hall–Kier alpha value is -2.90. The first-order valence-corrected chi connectivity index (χ1v) is 10.2. The van der Waals surface area contributed by atoms with Crippen LogP contribution in [0, 0.1) is 0 Å². The van der Waals surface area contributed by atoms with Crippen LogP contribution in [0.25, 0.3) is 0 Å². The molecule has 0 spiro atoms. The van der Waals surface area contributed by atoms with Gasteiger partial charge in [0.15, 0.2) is 0 Å². The highest BCUT2D eigenvalue weighted by atomic mass is 16.5. The van der Waals surface area contributed by atoms with E-state index in [0.29, 0.717) is 35.7 Å². The molecule has 1 aliphatic heterocycles. The van der Waals surface area contributed by atoms with E-state index in [0.717, 1.165) is 26.0 Å². The van der Waals surface area contributed by atoms with Gasteiger partial charge in [0.05, 0.1) is 18.9 Å². The topological polar surface area (TPSA) is 79.9 Å². The minimum Gasteiger partial charge on any atom is -0.495 e. The fraction of sp³-hybridized carbons (Fsp3) is 0.391. The van der Waals surface area contributed by atoms with E-state index in [1.165, 1.54) is 0 Å². The van der Waals surface area contributed by atoms with Crippen molar-refractivity contribution in [1.29, 1.82) is 0 Å². The van der Waals surface area contributed by atoms with Crippen LogP contribution in [0.1, 0.15) is 29.6 Å². The quantitative estimate of drug-likeness (QED) is 0.661. The van der Waals surface area contributed by atoms with Crippen LogP contribution in [0.4, 0.5) is 11.4 Å². The second-order valence-electron chi connectivity index (χ2n) is 7.43. The number of likely N-dealkylation sites (N-methyl/N-ethyl adjacent to an activating group) is 1. The van der Waals surface area contributed by atoms with Gasteiger partial charge in [0.2, 0.25) is 5.91 Å². The first kappa shape index (κ1) is 21.8. The number of methoxy groups -OCH3 is 1. The van der Waals surface area contributed by atoms with Gasteiger partial charge in [0, 0.05) is 37.4 Å². The molecular formula is C23H29N3O4. The van der Waals surface area contributed by atoms with Gasteiger partial charge >= 0.3 is 0 Å². The van der Waals surface area contributed by atoms with Crippen molar-refractivity contribution in [2.75, 3.05) is 44.5 Å². The van der Waals surface area contributed by atoms with Crippen molar-refractivity contribution in [2.45, 2.75) is 25.4 Å². The molecule has 3 rings (SSSR count). The van der Waals surface area contributed by atoms with Crippen LogP contribution in [0.15, 0.2) is 48.5 Å². The highest BCUT2D eigenvalue weighted by molar-refractivity contribution is 6.05. The van der Waals surface area contributed by atoms with Gasteiger partial charge in [-0.1, -0.05) is 12.1 Å². The minimum absolute atomic E-state index is 0.0552. The van der Waals surface area contributed by atoms with Crippen molar-refractivity contribution >= 4 is 23.2 Å². The van der Waals surface area contributed by atoms with E-state index < -0.39 is 0 Å². The van der Waals surface area contributed by atoms with Crippen LogP contribution in [-0.2, 0) is 9.53 Å². The van der Waals surface area contributed by atoms with Gasteiger partial charge in [-0.05, 0) is 56.3 Å². The number of carbonyl (C=O) groups is 2. The lowest BCUT2D eigenvalue weighted by Gasteiger charge is -2.20. The first-order valence-electron chi connectivity index (χ1n) is 10.2. The van der Waals surface area contributed by atoms with Gasteiger partial charge in [-0.2, -0.15) is 0 Å². The lowest BCUT2D eigenvalue weighted by Crippen LogP contribution is -2.31. The molecule has 2 amide bonds. The molecule has 2 aromatic rings. The fourth-order valence-electron chi connectivity index (χ4n) is 3.39. The predicted molar refractivity (Wildman–Crippen MR) is 117 cm³/mol. The SMILES string of the molecule is COc1ccccc1NC(=O)c1ccc(NC(=O)CCN(C)CC2CCCO2)cc1. The lowest BCUT2D eigenvalue weighted by molar-refractivity contribution is -0.116. The number of ether oxygens (including phenoxy) is 2. The molecule has 1 atom stereocenters. The van der Waals surface area contributed by atoms with E-state index in [1.54, 1.807) is 43.5 Å². The smallest absolute Gasteiger partial charge is 0.255 e. The summed E-state index contributed by atoms with van der Waals surface area (Å²) in [5.41, 5.74) is 1.76. The maximum Gasteiger partial charge on any atom is 0.255 e. The van der Waals surface area contributed by atoms with Gasteiger partial charge in [-0.3, -0.25) is 9.59 Å². The van der Waals surface area contributed by atoms with Gasteiger partial charge in [0.25, 0.3) is 5.91 Å². The van der Waals surface area contributed by atoms with Crippen molar-refractivity contribution in [2.24, 2.45) is 0 Å². The van der Waals surface area contributed by atoms with Gasteiger partial charge in [0.1, 0.15) is 5.75 Å². The number of amides is 2. The third kappa shape index (κ3) is 6.30. The Morgan fingerprint density at radius 3 is 2.60 bits per heavy atom. The van der Waals surface area contributed by atoms with Gasteiger partial charge in [-0.25, -0.2) is 0 Å². The van der Waals surface area contributed by atoms with Crippen molar-refractivity contribution in [3.63, 3.8) is 0 Å². The summed E-state index contributed by atoms with van der Waals surface area (Å²) < 4.78 is 10.9. The minimum atomic E-state index is -0.242. The van der Waals surface area contributed by atoms with E-state index in [9.17, 15) is 9.59 Å². The van der Waals surface area contributed by atoms with E-state index >= 15 is 0 Å². The zero-order valence-electron chi connectivity index (χ0n) is 17.5. The Morgan fingerprint density at radius 1 is 1.13 bits per heavy atom. The predicted octanol–water partition coefficient (Wildman–Crippen LogP) is 3.39. The van der Waals surface area contributed by atoms with Crippen LogP contribution in [0.2, 0.25) is 0 Å². The molecular weight excluding hydrogens is 382 g/mol. The van der Waals surface area contributed by atoms with Gasteiger partial charge < -0.3 is 25.0 Å². The molecule has 2 N–H and O–H groups in total. The number of anilines is 2. The van der Waals surface area contributed by atoms with Crippen molar-refractivity contribution in [3.8, 4) is 5.75 Å². The summed E-state index contributed by atoms with van der Waals surface area (Å²) in [6, 6.07) is 14.1. The summed E-state index contributed by atoms with van der Waals surface area (Å²) in [6.45, 7) is 2.36. The first-order chi connectivity index (χ1) is 14.5. The third-order valence-corrected chi connectivity index (χ3v) is 5.05. The summed E-state index contributed by atoms with van der Waals surface area (Å²) >= 11 is 0. The average Bonchev–Trinajstić information content (AvgIpc) is 3.26. The molecule has 7 nitrogen and oxygen atoms in total. The fourth-order valence-corrected chi connectivity index (χ4v) is 3.39. The molecule has 0 aliphatic carbocycles. The van der Waals surface area contributed by atoms with E-state index in [1.807, 2.05) is 19.2 Å². The summed E-state index contributed by atoms with van der Waals surface area (Å²) in [6.07, 6.45) is 2.89. The number of carbonyl (C=O) groups excluding carboxylic acids is 2. The highest BCUT2D eigenvalue weighted by Gasteiger charge is 2.17. The third-order valence-electron chi connectivity index (χ3n) is 5.05. The van der Waals surface area contributed by atoms with Crippen LogP contribution >= 0.6 is 0 Å². The van der Waals surface area contributed by atoms with Crippen molar-refractivity contribution in [1.82, 2.24) is 4.90 Å². The number of hydrogen-bond acceptors (Lipinski definition) is 5. The highest BCUT2D eigenvalue weighted by Crippen LogP contribution is 2.24. The second-order valence-corrected chi connectivity index (χ2v) is 7.43. The number of hydrogen-bond donors (Lipinski definition) is 2. The number of nitrogens with zero attached hydrogens (tertiary/aromatic N) is 1. The molecule has 7 heteroatoms. The molecule has 1 fully saturated rings. The molecule has 1 aliphatic rings. The maximum atomic E-state index is 12.5. The molecule has 1 unspecified atom stereocenters. The second kappa shape index (κ2) is 10.8. The molecule has 2 aromatic carbocycles. The molecule has 0 radical (unpaired) electrons. The number of para-hydroxylation sites is 2. The average molecular weight is 412 g/mol. The normalized spacial score (nSPS) is 15.8. The summed E-state index contributed by atoms with van der Waals surface area (Å²) in [4.78, 5) is 26.8. The Balaban J connectivity index is 1.46. The summed E-state index contributed by atoms with van der Waals surface area (Å²) in [5, 5.41) is 5.71. The number of benzene rings is 2. The Bertz CT molecular complexity index is 848. The van der Waals surface area contributed by atoms with Crippen LogP contribution in [-0.4, -0.2) is 56.7 Å². The Morgan fingerprint density at radius 2 is 1.90 bits per heavy atom. The van der Waals surface area contributed by atoms with Crippen LogP contribution in [0.5, 0.6) is 5.75 Å². The zero-order valence-corrected chi connectivity index (χ0v) is 17.5. The van der Waals surface area contributed by atoms with Crippen LogP contribution in [0.3, 0.4) is 0 Å². The van der Waals surface area contributed by atoms with Gasteiger partial charge in [-0.15, -0.1) is 0 Å². The molecule has 0 bridgehead atoms. The number of nitrogens with one attached hydrogen (secondary N) is 2. The lowest BCUT2D eigenvalue weighted by atomic mass is 10.2. The Kier molecular flexibility index (Phi) is 7.82. The summed E-state index contributed by atoms with van der Waals surface area (Å²) in [5.74, 6) is 0.299. The van der Waals surface area contributed by atoms with E-state index in [4.69, 9.17) is 9.47 Å². The zero-order chi connectivity index (χ0) is 21.3. The molecule has 30 heavy (non-hydrogen) atoms. The largest absolute Gasteiger partial charge is 0.495 e. The molecule has 0 aromatic heterocycles. The van der Waals surface area contributed by atoms with Crippen LogP contribution < -0.4 is 15.4 Å². The maximum absolute atomic E-state index is 12.5. The van der Waals surface area contributed by atoms with E-state index in [-0.39, 0.29) is 17.9 Å². The summed E-state index contributed by atoms with van der Waals surface area (Å²) in [7, 11) is 3.56. The molecule has 160 valence electrons. The molecule has 1 saturated heterocycles. The monoisotopic (exact) mass is 411 g/mol. The molecule has 1 heterocycles. The van der Waals surface area contributed by atoms with E-state index in [2.05, 4.69) is 15.5 Å². The van der Waals surface area contributed by atoms with Crippen molar-refractivity contribution < 1.29 is 19.1 Å². The van der Waals surface area contributed by atoms with Crippen molar-refractivity contribution in [3.05, 3.63) is 54.1 Å². The Labute approximate surface area is 177 Å². The molecule has 0 saturated carbocycles. The standard InChI is InChI=1S/C23H29N3O4/c1-26(16-19-6-5-15-30-19)14-13-22(27)24-18-11-9-17(10-12-18)23(28)25-20-7-3-4-8-21(20)29-2/h3-4,7-12,19H,5-6,13-16H2,1-2H3,(H,24,27)(H,25,28).